The highest BCUT2D eigenvalue weighted by Crippen LogP contribution is 2.23. The van der Waals surface area contributed by atoms with E-state index >= 15 is 0 Å². The summed E-state index contributed by atoms with van der Waals surface area (Å²) in [6.07, 6.45) is 0. The average Bonchev–Trinajstić information content (AvgIpc) is 2.51. The lowest BCUT2D eigenvalue weighted by Crippen LogP contribution is -2.34. The predicted octanol–water partition coefficient (Wildman–Crippen LogP) is 3.20. The number of rotatable bonds is 6. The van der Waals surface area contributed by atoms with Gasteiger partial charge in [0.25, 0.3) is 0 Å². The van der Waals surface area contributed by atoms with Gasteiger partial charge in [0, 0.05) is 12.6 Å². The van der Waals surface area contributed by atoms with Crippen LogP contribution in [0.2, 0.25) is 5.02 Å². The Morgan fingerprint density at radius 2 is 1.75 bits per heavy atom. The minimum absolute atomic E-state index is 0.00702. The summed E-state index contributed by atoms with van der Waals surface area (Å²) >= 11 is 5.63. The van der Waals surface area contributed by atoms with Gasteiger partial charge in [0.15, 0.2) is 5.82 Å². The highest BCUT2D eigenvalue weighted by molar-refractivity contribution is 7.89. The Hall–Kier alpha value is -1.54. The molecule has 0 radical (unpaired) electrons. The van der Waals surface area contributed by atoms with Gasteiger partial charge in [-0.25, -0.2) is 21.9 Å². The highest BCUT2D eigenvalue weighted by Gasteiger charge is 2.23. The van der Waals surface area contributed by atoms with Crippen LogP contribution in [0, 0.1) is 11.6 Å². The minimum atomic E-state index is -4.07. The van der Waals surface area contributed by atoms with E-state index in [1.807, 2.05) is 0 Å². The second-order valence-corrected chi connectivity index (χ2v) is 7.58. The van der Waals surface area contributed by atoms with Crippen LogP contribution in [0.3, 0.4) is 0 Å². The van der Waals surface area contributed by atoms with Crippen LogP contribution in [-0.2, 0) is 10.0 Å². The largest absolute Gasteiger partial charge is 0.301 e. The normalized spacial score (nSPS) is 13.2. The van der Waals surface area contributed by atoms with Gasteiger partial charge in [0.2, 0.25) is 10.0 Å². The van der Waals surface area contributed by atoms with Crippen LogP contribution in [0.1, 0.15) is 11.6 Å². The molecule has 2 aromatic carbocycles. The average molecular weight is 375 g/mol. The van der Waals surface area contributed by atoms with E-state index in [0.717, 1.165) is 11.6 Å². The zero-order valence-electron chi connectivity index (χ0n) is 13.1. The van der Waals surface area contributed by atoms with Crippen molar-refractivity contribution in [1.29, 1.82) is 0 Å². The second kappa shape index (κ2) is 7.57. The Morgan fingerprint density at radius 3 is 2.33 bits per heavy atom. The number of benzene rings is 2. The maximum absolute atomic E-state index is 13.9. The molecule has 130 valence electrons. The van der Waals surface area contributed by atoms with Crippen molar-refractivity contribution in [2.45, 2.75) is 10.9 Å². The van der Waals surface area contributed by atoms with Crippen molar-refractivity contribution in [3.05, 3.63) is 64.7 Å². The van der Waals surface area contributed by atoms with E-state index in [1.165, 1.54) is 24.3 Å². The quantitative estimate of drug-likeness (QED) is 0.844. The van der Waals surface area contributed by atoms with Gasteiger partial charge in [0.05, 0.1) is 5.02 Å². The van der Waals surface area contributed by atoms with E-state index < -0.39 is 20.7 Å². The van der Waals surface area contributed by atoms with Crippen LogP contribution in [-0.4, -0.2) is 34.0 Å². The van der Waals surface area contributed by atoms with Crippen LogP contribution >= 0.6 is 11.6 Å². The summed E-state index contributed by atoms with van der Waals surface area (Å²) in [7, 11) is -0.536. The summed E-state index contributed by atoms with van der Waals surface area (Å²) in [5.74, 6) is -1.37. The monoisotopic (exact) mass is 374 g/mol. The molecule has 2 aromatic rings. The number of hydrogen-bond acceptors (Lipinski definition) is 3. The molecule has 0 fully saturated rings. The Balaban J connectivity index is 2.22. The summed E-state index contributed by atoms with van der Waals surface area (Å²) in [4.78, 5) is 1.27. The topological polar surface area (TPSA) is 49.4 Å². The zero-order valence-corrected chi connectivity index (χ0v) is 14.7. The molecule has 0 saturated carbocycles. The molecule has 0 heterocycles. The molecule has 0 aliphatic rings. The molecule has 0 bridgehead atoms. The first-order chi connectivity index (χ1) is 11.2. The van der Waals surface area contributed by atoms with Crippen LogP contribution in [0.15, 0.2) is 47.4 Å². The van der Waals surface area contributed by atoms with Crippen LogP contribution in [0.4, 0.5) is 8.78 Å². The molecule has 24 heavy (non-hydrogen) atoms. The lowest BCUT2D eigenvalue weighted by molar-refractivity contribution is 0.299. The standard InChI is InChI=1S/C16H17ClF2N2O2S/c1-21(2)14(11-6-8-12(18)9-7-11)10-20-24(22,23)15-5-3-4-13(17)16(15)19/h3-9,14,20H,10H2,1-2H3. The maximum atomic E-state index is 13.9. The lowest BCUT2D eigenvalue weighted by Gasteiger charge is -2.25. The van der Waals surface area contributed by atoms with Crippen LogP contribution in [0.5, 0.6) is 0 Å². The fourth-order valence-corrected chi connectivity index (χ4v) is 3.61. The highest BCUT2D eigenvalue weighted by atomic mass is 35.5. The van der Waals surface area contributed by atoms with Crippen LogP contribution in [0.25, 0.3) is 0 Å². The first kappa shape index (κ1) is 18.8. The van der Waals surface area contributed by atoms with E-state index in [2.05, 4.69) is 4.72 Å². The van der Waals surface area contributed by atoms with E-state index in [9.17, 15) is 17.2 Å². The molecule has 0 aliphatic heterocycles. The third-order valence-corrected chi connectivity index (χ3v) is 5.28. The minimum Gasteiger partial charge on any atom is -0.301 e. The molecular formula is C16H17ClF2N2O2S. The number of likely N-dealkylation sites (N-methyl/N-ethyl adjacent to an activating group) is 1. The summed E-state index contributed by atoms with van der Waals surface area (Å²) < 4.78 is 54.0. The molecule has 1 unspecified atom stereocenters. The van der Waals surface area contributed by atoms with Gasteiger partial charge < -0.3 is 4.90 Å². The maximum Gasteiger partial charge on any atom is 0.243 e. The summed E-state index contributed by atoms with van der Waals surface area (Å²) in [5, 5.41) is -0.263. The number of sulfonamides is 1. The van der Waals surface area contributed by atoms with Crippen molar-refractivity contribution in [2.24, 2.45) is 0 Å². The summed E-state index contributed by atoms with van der Waals surface area (Å²) in [6, 6.07) is 9.20. The SMILES string of the molecule is CN(C)C(CNS(=O)(=O)c1cccc(Cl)c1F)c1ccc(F)cc1. The molecule has 2 rings (SSSR count). The summed E-state index contributed by atoms with van der Waals surface area (Å²) in [6.45, 7) is -0.00702. The van der Waals surface area contributed by atoms with Gasteiger partial charge in [-0.3, -0.25) is 0 Å². The van der Waals surface area contributed by atoms with Crippen molar-refractivity contribution >= 4 is 21.6 Å². The van der Waals surface area contributed by atoms with Crippen LogP contribution < -0.4 is 4.72 Å². The molecule has 8 heteroatoms. The Morgan fingerprint density at radius 1 is 1.12 bits per heavy atom. The molecule has 0 aromatic heterocycles. The molecule has 4 nitrogen and oxygen atoms in total. The van der Waals surface area contributed by atoms with Crippen molar-refractivity contribution in [1.82, 2.24) is 9.62 Å². The molecule has 0 aliphatic carbocycles. The Labute approximate surface area is 145 Å². The molecule has 0 saturated heterocycles. The second-order valence-electron chi connectivity index (χ2n) is 5.43. The van der Waals surface area contributed by atoms with E-state index in [4.69, 9.17) is 11.6 Å². The molecule has 1 N–H and O–H groups in total. The third-order valence-electron chi connectivity index (χ3n) is 3.55. The van der Waals surface area contributed by atoms with Gasteiger partial charge in [-0.1, -0.05) is 29.8 Å². The fourth-order valence-electron chi connectivity index (χ4n) is 2.24. The van der Waals surface area contributed by atoms with Crippen molar-refractivity contribution in [2.75, 3.05) is 20.6 Å². The van der Waals surface area contributed by atoms with E-state index in [1.54, 1.807) is 31.1 Å². The van der Waals surface area contributed by atoms with Gasteiger partial charge in [-0.15, -0.1) is 0 Å². The summed E-state index contributed by atoms with van der Waals surface area (Å²) in [5.41, 5.74) is 0.732. The number of hydrogen-bond donors (Lipinski definition) is 1. The van der Waals surface area contributed by atoms with Gasteiger partial charge in [-0.2, -0.15) is 0 Å². The smallest absolute Gasteiger partial charge is 0.243 e. The van der Waals surface area contributed by atoms with Gasteiger partial charge in [-0.05, 0) is 43.9 Å². The number of nitrogens with one attached hydrogen (secondary N) is 1. The van der Waals surface area contributed by atoms with Crippen molar-refractivity contribution in [3.8, 4) is 0 Å². The zero-order chi connectivity index (χ0) is 17.9. The molecule has 0 amide bonds. The third kappa shape index (κ3) is 4.30. The Kier molecular flexibility index (Phi) is 5.92. The lowest BCUT2D eigenvalue weighted by atomic mass is 10.1. The van der Waals surface area contributed by atoms with E-state index in [-0.39, 0.29) is 23.4 Å². The van der Waals surface area contributed by atoms with Crippen molar-refractivity contribution < 1.29 is 17.2 Å². The van der Waals surface area contributed by atoms with Gasteiger partial charge >= 0.3 is 0 Å². The first-order valence-corrected chi connectivity index (χ1v) is 8.94. The van der Waals surface area contributed by atoms with Gasteiger partial charge in [0.1, 0.15) is 10.7 Å². The predicted molar refractivity (Wildman–Crippen MR) is 89.4 cm³/mol. The molecule has 0 spiro atoms. The number of nitrogens with zero attached hydrogens (tertiary/aromatic N) is 1. The number of halogens is 3. The fraction of sp³-hybridized carbons (Fsp3) is 0.250. The Bertz CT molecular complexity index is 811. The molecule has 1 atom stereocenters. The first-order valence-electron chi connectivity index (χ1n) is 7.08. The van der Waals surface area contributed by atoms with E-state index in [0.29, 0.717) is 0 Å². The van der Waals surface area contributed by atoms with Crippen molar-refractivity contribution in [3.63, 3.8) is 0 Å². The molecular weight excluding hydrogens is 358 g/mol.